The van der Waals surface area contributed by atoms with Gasteiger partial charge in [0.15, 0.2) is 8.32 Å². The lowest BCUT2D eigenvalue weighted by Gasteiger charge is -2.36. The third kappa shape index (κ3) is 5.53. The van der Waals surface area contributed by atoms with Crippen molar-refractivity contribution in [1.82, 2.24) is 9.97 Å². The van der Waals surface area contributed by atoms with Crippen LogP contribution in [-0.2, 0) is 11.0 Å². The van der Waals surface area contributed by atoms with Crippen LogP contribution in [-0.4, -0.2) is 23.2 Å². The van der Waals surface area contributed by atoms with E-state index in [4.69, 9.17) is 4.43 Å². The first-order valence-electron chi connectivity index (χ1n) is 10.1. The molecule has 0 spiro atoms. The number of hydrogen-bond donors (Lipinski definition) is 1. The van der Waals surface area contributed by atoms with E-state index >= 15 is 0 Å². The molecule has 31 heavy (non-hydrogen) atoms. The van der Waals surface area contributed by atoms with Crippen molar-refractivity contribution in [3.8, 4) is 11.3 Å². The molecule has 0 atom stereocenters. The molecule has 3 rings (SSSR count). The van der Waals surface area contributed by atoms with E-state index in [0.717, 1.165) is 16.8 Å². The zero-order chi connectivity index (χ0) is 22.6. The number of nitrogens with one attached hydrogen (secondary N) is 1. The quantitative estimate of drug-likeness (QED) is 0.265. The van der Waals surface area contributed by atoms with Gasteiger partial charge in [-0.1, -0.05) is 32.9 Å². The fourth-order valence-corrected chi connectivity index (χ4v) is 3.63. The van der Waals surface area contributed by atoms with E-state index < -0.39 is 13.2 Å². The van der Waals surface area contributed by atoms with Gasteiger partial charge in [0.2, 0.25) is 5.82 Å². The Hall–Kier alpha value is -3.10. The number of hydrogen-bond acceptors (Lipinski definition) is 6. The Kier molecular flexibility index (Phi) is 6.52. The summed E-state index contributed by atoms with van der Waals surface area (Å²) in [5.74, 6) is 0.191. The minimum atomic E-state index is -1.83. The van der Waals surface area contributed by atoms with Gasteiger partial charge in [0.1, 0.15) is 0 Å². The van der Waals surface area contributed by atoms with Crippen molar-refractivity contribution in [3.05, 3.63) is 76.6 Å². The maximum atomic E-state index is 11.5. The molecule has 1 aromatic carbocycles. The number of aromatic nitrogens is 2. The second kappa shape index (κ2) is 8.95. The summed E-state index contributed by atoms with van der Waals surface area (Å²) in [5.41, 5.74) is 3.09. The maximum absolute atomic E-state index is 11.5. The average molecular weight is 437 g/mol. The minimum absolute atomic E-state index is 0.0852. The molecule has 0 aliphatic rings. The molecule has 0 saturated heterocycles. The van der Waals surface area contributed by atoms with Gasteiger partial charge in [0.25, 0.3) is 0 Å². The Bertz CT molecular complexity index is 1050. The van der Waals surface area contributed by atoms with Crippen LogP contribution in [0.5, 0.6) is 0 Å². The molecular formula is C23H28N4O3Si. The van der Waals surface area contributed by atoms with Crippen LogP contribution in [0.1, 0.15) is 26.3 Å². The summed E-state index contributed by atoms with van der Waals surface area (Å²) >= 11 is 0. The van der Waals surface area contributed by atoms with Gasteiger partial charge in [0, 0.05) is 29.7 Å². The van der Waals surface area contributed by atoms with Crippen LogP contribution in [0.15, 0.2) is 60.9 Å². The molecule has 7 nitrogen and oxygen atoms in total. The molecule has 2 heterocycles. The predicted octanol–water partition coefficient (Wildman–Crippen LogP) is 6.32. The molecule has 3 aromatic rings. The number of pyridine rings is 2. The van der Waals surface area contributed by atoms with Crippen LogP contribution >= 0.6 is 0 Å². The number of nitro groups is 1. The SMILES string of the molecule is CC(C)(C)[Si](C)(C)OCc1ccc(Nc2nc(-c3cccnc3)ccc2[N+](=O)[O-])cc1. The molecule has 0 aliphatic carbocycles. The van der Waals surface area contributed by atoms with Crippen LogP contribution in [0.3, 0.4) is 0 Å². The normalized spacial score (nSPS) is 11.9. The lowest BCUT2D eigenvalue weighted by Crippen LogP contribution is -2.40. The predicted molar refractivity (Wildman–Crippen MR) is 126 cm³/mol. The second-order valence-electron chi connectivity index (χ2n) is 8.93. The molecular weight excluding hydrogens is 408 g/mol. The zero-order valence-corrected chi connectivity index (χ0v) is 19.5. The molecule has 1 N–H and O–H groups in total. The van der Waals surface area contributed by atoms with Crippen molar-refractivity contribution in [2.24, 2.45) is 0 Å². The van der Waals surface area contributed by atoms with Gasteiger partial charge in [-0.15, -0.1) is 0 Å². The van der Waals surface area contributed by atoms with E-state index in [1.165, 1.54) is 6.07 Å². The number of nitrogens with zero attached hydrogens (tertiary/aromatic N) is 3. The van der Waals surface area contributed by atoms with Crippen LogP contribution in [0.2, 0.25) is 18.1 Å². The molecule has 0 bridgehead atoms. The van der Waals surface area contributed by atoms with Crippen molar-refractivity contribution in [1.29, 1.82) is 0 Å². The summed E-state index contributed by atoms with van der Waals surface area (Å²) in [4.78, 5) is 19.6. The van der Waals surface area contributed by atoms with Gasteiger partial charge in [-0.2, -0.15) is 0 Å². The summed E-state index contributed by atoms with van der Waals surface area (Å²) < 4.78 is 6.26. The average Bonchev–Trinajstić information content (AvgIpc) is 2.73. The highest BCUT2D eigenvalue weighted by Crippen LogP contribution is 2.37. The van der Waals surface area contributed by atoms with Crippen LogP contribution in [0.4, 0.5) is 17.2 Å². The minimum Gasteiger partial charge on any atom is -0.413 e. The Morgan fingerprint density at radius 3 is 2.39 bits per heavy atom. The number of benzene rings is 1. The zero-order valence-electron chi connectivity index (χ0n) is 18.5. The second-order valence-corrected chi connectivity index (χ2v) is 13.7. The Morgan fingerprint density at radius 2 is 1.81 bits per heavy atom. The third-order valence-corrected chi connectivity index (χ3v) is 10.1. The van der Waals surface area contributed by atoms with Crippen LogP contribution in [0, 0.1) is 10.1 Å². The summed E-state index contributed by atoms with van der Waals surface area (Å²) in [6.45, 7) is 11.6. The van der Waals surface area contributed by atoms with Gasteiger partial charge in [-0.05, 0) is 54.0 Å². The fourth-order valence-electron chi connectivity index (χ4n) is 2.67. The van der Waals surface area contributed by atoms with E-state index in [1.54, 1.807) is 24.5 Å². The molecule has 0 fully saturated rings. The van der Waals surface area contributed by atoms with E-state index in [2.05, 4.69) is 49.1 Å². The van der Waals surface area contributed by atoms with Crippen LogP contribution in [0.25, 0.3) is 11.3 Å². The largest absolute Gasteiger partial charge is 0.413 e. The summed E-state index contributed by atoms with van der Waals surface area (Å²) in [6.07, 6.45) is 3.35. The highest BCUT2D eigenvalue weighted by molar-refractivity contribution is 6.74. The fraction of sp³-hybridized carbons (Fsp3) is 0.304. The first-order valence-corrected chi connectivity index (χ1v) is 13.0. The monoisotopic (exact) mass is 436 g/mol. The van der Waals surface area contributed by atoms with Crippen molar-refractivity contribution >= 4 is 25.5 Å². The summed E-state index contributed by atoms with van der Waals surface area (Å²) in [7, 11) is -1.83. The van der Waals surface area contributed by atoms with Crippen LogP contribution < -0.4 is 5.32 Å². The highest BCUT2D eigenvalue weighted by Gasteiger charge is 2.37. The van der Waals surface area contributed by atoms with Crippen molar-refractivity contribution in [2.45, 2.75) is 45.5 Å². The Balaban J connectivity index is 1.78. The van der Waals surface area contributed by atoms with Gasteiger partial charge >= 0.3 is 5.69 Å². The number of rotatable bonds is 7. The Labute approximate surface area is 183 Å². The van der Waals surface area contributed by atoms with Crippen molar-refractivity contribution in [3.63, 3.8) is 0 Å². The summed E-state index contributed by atoms with van der Waals surface area (Å²) in [5, 5.41) is 14.7. The molecule has 2 aromatic heterocycles. The molecule has 0 amide bonds. The third-order valence-electron chi connectivity index (χ3n) is 5.65. The molecule has 0 aliphatic heterocycles. The van der Waals surface area contributed by atoms with Crippen molar-refractivity contribution < 1.29 is 9.35 Å². The molecule has 8 heteroatoms. The summed E-state index contributed by atoms with van der Waals surface area (Å²) in [6, 6.07) is 14.4. The topological polar surface area (TPSA) is 90.2 Å². The standard InChI is InChI=1S/C23H28N4O3Si/c1-23(2,3)31(4,5)30-16-17-8-10-19(11-9-17)25-22-21(27(28)29)13-12-20(26-22)18-7-6-14-24-15-18/h6-15H,16H2,1-5H3,(H,25,26). The van der Waals surface area contributed by atoms with Gasteiger partial charge in [-0.3, -0.25) is 15.1 Å². The lowest BCUT2D eigenvalue weighted by atomic mass is 10.2. The first-order chi connectivity index (χ1) is 14.6. The molecule has 0 saturated carbocycles. The van der Waals surface area contributed by atoms with Gasteiger partial charge in [0.05, 0.1) is 17.2 Å². The highest BCUT2D eigenvalue weighted by atomic mass is 28.4. The molecule has 162 valence electrons. The van der Waals surface area contributed by atoms with E-state index in [0.29, 0.717) is 12.3 Å². The van der Waals surface area contributed by atoms with E-state index in [1.807, 2.05) is 30.3 Å². The van der Waals surface area contributed by atoms with Gasteiger partial charge < -0.3 is 9.74 Å². The maximum Gasteiger partial charge on any atom is 0.311 e. The van der Waals surface area contributed by atoms with E-state index in [-0.39, 0.29) is 16.5 Å². The van der Waals surface area contributed by atoms with Gasteiger partial charge in [-0.25, -0.2) is 4.98 Å². The number of anilines is 2. The molecule has 0 unspecified atom stereocenters. The molecule has 0 radical (unpaired) electrons. The van der Waals surface area contributed by atoms with E-state index in [9.17, 15) is 10.1 Å². The smallest absolute Gasteiger partial charge is 0.311 e. The first kappa shape index (κ1) is 22.6. The van der Waals surface area contributed by atoms with Crippen molar-refractivity contribution in [2.75, 3.05) is 5.32 Å². The Morgan fingerprint density at radius 1 is 1.10 bits per heavy atom. The lowest BCUT2D eigenvalue weighted by molar-refractivity contribution is -0.384.